The average Bonchev–Trinajstić information content (AvgIpc) is 3.16. The molecular formula is C28H34N2O5. The van der Waals surface area contributed by atoms with Crippen molar-refractivity contribution in [1.29, 1.82) is 0 Å². The van der Waals surface area contributed by atoms with E-state index in [2.05, 4.69) is 29.6 Å². The van der Waals surface area contributed by atoms with E-state index in [9.17, 15) is 14.4 Å². The Bertz CT molecular complexity index is 1020. The minimum absolute atomic E-state index is 0.00343. The summed E-state index contributed by atoms with van der Waals surface area (Å²) in [6.07, 6.45) is 3.17. The summed E-state index contributed by atoms with van der Waals surface area (Å²) in [5.41, 5.74) is 4.73. The molecule has 7 nitrogen and oxygen atoms in total. The van der Waals surface area contributed by atoms with Gasteiger partial charge in [0.1, 0.15) is 6.61 Å². The van der Waals surface area contributed by atoms with E-state index in [0.717, 1.165) is 19.3 Å². The number of piperidine rings is 1. The van der Waals surface area contributed by atoms with Crippen molar-refractivity contribution in [2.24, 2.45) is 5.92 Å². The SMILES string of the molecule is CC(CCNC(=O)OCC1c2ccccc2-c2ccccc21)CC(=O)N1CCCC[C@H]1CC(=O)O. The summed E-state index contributed by atoms with van der Waals surface area (Å²) in [4.78, 5) is 38.0. The van der Waals surface area contributed by atoms with Gasteiger partial charge < -0.3 is 20.1 Å². The van der Waals surface area contributed by atoms with Gasteiger partial charge in [-0.25, -0.2) is 4.79 Å². The molecule has 35 heavy (non-hydrogen) atoms. The monoisotopic (exact) mass is 478 g/mol. The van der Waals surface area contributed by atoms with Crippen molar-refractivity contribution in [1.82, 2.24) is 10.2 Å². The van der Waals surface area contributed by atoms with Crippen LogP contribution in [-0.4, -0.2) is 53.7 Å². The number of hydrogen-bond donors (Lipinski definition) is 2. The number of likely N-dealkylation sites (tertiary alicyclic amines) is 1. The number of hydrogen-bond acceptors (Lipinski definition) is 4. The first kappa shape index (κ1) is 24.8. The van der Waals surface area contributed by atoms with Crippen LogP contribution in [0.2, 0.25) is 0 Å². The predicted molar refractivity (Wildman–Crippen MR) is 133 cm³/mol. The van der Waals surface area contributed by atoms with Crippen molar-refractivity contribution in [2.45, 2.75) is 57.4 Å². The number of alkyl carbamates (subject to hydrolysis) is 1. The van der Waals surface area contributed by atoms with E-state index in [1.165, 1.54) is 22.3 Å². The third-order valence-electron chi connectivity index (χ3n) is 7.13. The minimum atomic E-state index is -0.866. The van der Waals surface area contributed by atoms with Crippen LogP contribution in [0.4, 0.5) is 4.79 Å². The van der Waals surface area contributed by atoms with Crippen molar-refractivity contribution in [3.63, 3.8) is 0 Å². The number of benzene rings is 2. The van der Waals surface area contributed by atoms with E-state index in [1.54, 1.807) is 4.90 Å². The first-order chi connectivity index (χ1) is 16.9. The molecule has 1 unspecified atom stereocenters. The highest BCUT2D eigenvalue weighted by Gasteiger charge is 2.30. The molecule has 0 radical (unpaired) electrons. The van der Waals surface area contributed by atoms with Gasteiger partial charge in [-0.2, -0.15) is 0 Å². The van der Waals surface area contributed by atoms with Crippen LogP contribution in [0.25, 0.3) is 11.1 Å². The van der Waals surface area contributed by atoms with Gasteiger partial charge in [0, 0.05) is 31.5 Å². The summed E-state index contributed by atoms with van der Waals surface area (Å²) in [5.74, 6) is -0.767. The number of rotatable bonds is 9. The predicted octanol–water partition coefficient (Wildman–Crippen LogP) is 4.80. The summed E-state index contributed by atoms with van der Waals surface area (Å²) >= 11 is 0. The first-order valence-corrected chi connectivity index (χ1v) is 12.5. The fourth-order valence-electron chi connectivity index (χ4n) is 5.33. The van der Waals surface area contributed by atoms with Crippen molar-refractivity contribution in [3.05, 3.63) is 59.7 Å². The summed E-state index contributed by atoms with van der Waals surface area (Å²) in [5, 5.41) is 11.9. The molecule has 2 atom stereocenters. The molecule has 2 aromatic rings. The van der Waals surface area contributed by atoms with Crippen LogP contribution in [0, 0.1) is 5.92 Å². The van der Waals surface area contributed by atoms with Gasteiger partial charge in [-0.15, -0.1) is 0 Å². The van der Waals surface area contributed by atoms with Crippen molar-refractivity contribution < 1.29 is 24.2 Å². The highest BCUT2D eigenvalue weighted by Crippen LogP contribution is 2.44. The molecule has 2 amide bonds. The van der Waals surface area contributed by atoms with Gasteiger partial charge in [-0.1, -0.05) is 55.5 Å². The normalized spacial score (nSPS) is 17.9. The molecule has 2 N–H and O–H groups in total. The molecule has 1 aliphatic heterocycles. The molecule has 1 saturated heterocycles. The number of ether oxygens (including phenoxy) is 1. The van der Waals surface area contributed by atoms with E-state index in [-0.39, 0.29) is 36.8 Å². The highest BCUT2D eigenvalue weighted by molar-refractivity contribution is 5.79. The van der Waals surface area contributed by atoms with Crippen LogP contribution >= 0.6 is 0 Å². The topological polar surface area (TPSA) is 95.9 Å². The number of carboxylic acids is 1. The Morgan fingerprint density at radius 2 is 1.71 bits per heavy atom. The second kappa shape index (κ2) is 11.4. The van der Waals surface area contributed by atoms with E-state index in [0.29, 0.717) is 25.9 Å². The van der Waals surface area contributed by atoms with E-state index in [4.69, 9.17) is 9.84 Å². The van der Waals surface area contributed by atoms with Crippen molar-refractivity contribution in [3.8, 4) is 11.1 Å². The Labute approximate surface area is 206 Å². The zero-order valence-corrected chi connectivity index (χ0v) is 20.2. The van der Waals surface area contributed by atoms with Gasteiger partial charge in [0.25, 0.3) is 0 Å². The second-order valence-electron chi connectivity index (χ2n) is 9.68. The molecule has 186 valence electrons. The van der Waals surface area contributed by atoms with Gasteiger partial charge in [-0.3, -0.25) is 9.59 Å². The lowest BCUT2D eigenvalue weighted by atomic mass is 9.96. The summed E-state index contributed by atoms with van der Waals surface area (Å²) in [6, 6.07) is 16.2. The quantitative estimate of drug-likeness (QED) is 0.540. The largest absolute Gasteiger partial charge is 0.481 e. The zero-order chi connectivity index (χ0) is 24.8. The Hall–Kier alpha value is -3.35. The molecule has 0 spiro atoms. The molecule has 0 aromatic heterocycles. The van der Waals surface area contributed by atoms with E-state index < -0.39 is 12.1 Å². The number of amides is 2. The van der Waals surface area contributed by atoms with Crippen LogP contribution in [-0.2, 0) is 14.3 Å². The van der Waals surface area contributed by atoms with E-state index in [1.807, 2.05) is 31.2 Å². The molecule has 1 heterocycles. The summed E-state index contributed by atoms with van der Waals surface area (Å²) in [6.45, 7) is 3.30. The van der Waals surface area contributed by atoms with Crippen LogP contribution < -0.4 is 5.32 Å². The molecule has 4 rings (SSSR count). The van der Waals surface area contributed by atoms with Crippen molar-refractivity contribution in [2.75, 3.05) is 19.7 Å². The fraction of sp³-hybridized carbons (Fsp3) is 0.464. The maximum absolute atomic E-state index is 12.8. The lowest BCUT2D eigenvalue weighted by Gasteiger charge is -2.35. The summed E-state index contributed by atoms with van der Waals surface area (Å²) < 4.78 is 5.57. The molecule has 1 fully saturated rings. The Morgan fingerprint density at radius 1 is 1.06 bits per heavy atom. The van der Waals surface area contributed by atoms with Crippen molar-refractivity contribution >= 4 is 18.0 Å². The van der Waals surface area contributed by atoms with E-state index >= 15 is 0 Å². The number of nitrogens with zero attached hydrogens (tertiary/aromatic N) is 1. The molecule has 2 aliphatic rings. The van der Waals surface area contributed by atoms with Crippen LogP contribution in [0.15, 0.2) is 48.5 Å². The zero-order valence-electron chi connectivity index (χ0n) is 20.2. The van der Waals surface area contributed by atoms with Gasteiger partial charge in [0.05, 0.1) is 6.42 Å². The van der Waals surface area contributed by atoms with Gasteiger partial charge in [0.2, 0.25) is 5.91 Å². The lowest BCUT2D eigenvalue weighted by Crippen LogP contribution is -2.45. The van der Waals surface area contributed by atoms with Crippen LogP contribution in [0.1, 0.15) is 62.5 Å². The smallest absolute Gasteiger partial charge is 0.407 e. The van der Waals surface area contributed by atoms with Gasteiger partial charge >= 0.3 is 12.1 Å². The molecule has 1 aliphatic carbocycles. The fourth-order valence-corrected chi connectivity index (χ4v) is 5.33. The third-order valence-corrected chi connectivity index (χ3v) is 7.13. The number of nitrogens with one attached hydrogen (secondary N) is 1. The molecule has 7 heteroatoms. The van der Waals surface area contributed by atoms with Crippen LogP contribution in [0.5, 0.6) is 0 Å². The molecular weight excluding hydrogens is 444 g/mol. The standard InChI is InChI=1S/C28H34N2O5/c1-19(16-26(31)30-15-7-6-8-20(30)17-27(32)33)13-14-29-28(34)35-18-25-23-11-4-2-9-21(23)22-10-3-5-12-24(22)25/h2-5,9-12,19-20,25H,6-8,13-18H2,1H3,(H,29,34)(H,32,33)/t19?,20-/m0/s1. The molecule has 0 bridgehead atoms. The first-order valence-electron chi connectivity index (χ1n) is 12.5. The summed E-state index contributed by atoms with van der Waals surface area (Å²) in [7, 11) is 0. The number of fused-ring (bicyclic) bond motifs is 3. The maximum Gasteiger partial charge on any atom is 0.407 e. The van der Waals surface area contributed by atoms with Gasteiger partial charge in [0.15, 0.2) is 0 Å². The number of carboxylic acid groups (broad SMARTS) is 1. The van der Waals surface area contributed by atoms with Gasteiger partial charge in [-0.05, 0) is 53.9 Å². The number of carbonyl (C=O) groups excluding carboxylic acids is 2. The average molecular weight is 479 g/mol. The maximum atomic E-state index is 12.8. The molecule has 0 saturated carbocycles. The third kappa shape index (κ3) is 6.02. The highest BCUT2D eigenvalue weighted by atomic mass is 16.5. The number of carbonyl (C=O) groups is 3. The number of aliphatic carboxylic acids is 1. The Balaban J connectivity index is 1.21. The Morgan fingerprint density at radius 3 is 2.37 bits per heavy atom. The van der Waals surface area contributed by atoms with Crippen LogP contribution in [0.3, 0.4) is 0 Å². The minimum Gasteiger partial charge on any atom is -0.481 e. The second-order valence-corrected chi connectivity index (χ2v) is 9.68. The molecule has 2 aromatic carbocycles. The Kier molecular flexibility index (Phi) is 8.06. The lowest BCUT2D eigenvalue weighted by molar-refractivity contribution is -0.142.